The second kappa shape index (κ2) is 6.49. The smallest absolute Gasteiger partial charge is 0.359 e. The van der Waals surface area contributed by atoms with Gasteiger partial charge in [-0.3, -0.25) is 0 Å². The second-order valence-electron chi connectivity index (χ2n) is 6.26. The summed E-state index contributed by atoms with van der Waals surface area (Å²) in [6.45, 7) is 1.97. The molecule has 0 bridgehead atoms. The second-order valence-corrected chi connectivity index (χ2v) is 7.51. The van der Waals surface area contributed by atoms with Crippen LogP contribution in [0.4, 0.5) is 26.3 Å². The number of aryl methyl sites for hydroxylation is 1. The largest absolute Gasteiger partial charge is 0.380 e. The first-order valence-corrected chi connectivity index (χ1v) is 8.77. The summed E-state index contributed by atoms with van der Waals surface area (Å²) < 4.78 is 96.9. The van der Waals surface area contributed by atoms with Crippen molar-refractivity contribution in [3.8, 4) is 0 Å². The van der Waals surface area contributed by atoms with Crippen LogP contribution in [-0.4, -0.2) is 37.8 Å². The van der Waals surface area contributed by atoms with Crippen molar-refractivity contribution in [1.82, 2.24) is 0 Å². The zero-order valence-electron chi connectivity index (χ0n) is 14.6. The fourth-order valence-corrected chi connectivity index (χ4v) is 4.40. The summed E-state index contributed by atoms with van der Waals surface area (Å²) in [5.41, 5.74) is -3.07. The average Bonchev–Trinajstić information content (AvgIpc) is 2.96. The van der Waals surface area contributed by atoms with Gasteiger partial charge in [0.05, 0.1) is 6.10 Å². The predicted molar refractivity (Wildman–Crippen MR) is 90.7 cm³/mol. The molecular formula is C18H16F6O2S. The minimum absolute atomic E-state index is 0.222. The Morgan fingerprint density at radius 1 is 1.04 bits per heavy atom. The third kappa shape index (κ3) is 2.70. The molecule has 1 atom stereocenters. The van der Waals surface area contributed by atoms with Crippen LogP contribution in [0.1, 0.15) is 17.4 Å². The van der Waals surface area contributed by atoms with Gasteiger partial charge < -0.3 is 9.47 Å². The standard InChI is InChI=1S/C18H16F6O2S/c1-9(26-8-25-3)14-15(17(21,22)18(23,24)16(14,19)20)13-10(2)27-12-7-5-4-6-11(12)13/h4-7,9H,8H2,1-3H3/t9-/m0/s1. The Labute approximate surface area is 155 Å². The fourth-order valence-electron chi connectivity index (χ4n) is 3.33. The van der Waals surface area contributed by atoms with Gasteiger partial charge in [-0.1, -0.05) is 18.2 Å². The van der Waals surface area contributed by atoms with Gasteiger partial charge in [-0.2, -0.15) is 26.3 Å². The van der Waals surface area contributed by atoms with Gasteiger partial charge in [0, 0.05) is 38.8 Å². The van der Waals surface area contributed by atoms with Crippen molar-refractivity contribution in [1.29, 1.82) is 0 Å². The number of thiophene rings is 1. The van der Waals surface area contributed by atoms with Gasteiger partial charge in [0.15, 0.2) is 0 Å². The van der Waals surface area contributed by atoms with Crippen molar-refractivity contribution in [3.05, 3.63) is 40.3 Å². The van der Waals surface area contributed by atoms with Crippen LogP contribution in [0.3, 0.4) is 0 Å². The summed E-state index contributed by atoms with van der Waals surface area (Å²) in [7, 11) is 1.20. The molecule has 3 rings (SSSR count). The van der Waals surface area contributed by atoms with Crippen molar-refractivity contribution in [2.24, 2.45) is 0 Å². The molecule has 0 spiro atoms. The van der Waals surface area contributed by atoms with Gasteiger partial charge in [-0.05, 0) is 19.9 Å². The Balaban J connectivity index is 2.36. The summed E-state index contributed by atoms with van der Waals surface area (Å²) in [6.07, 6.45) is -1.70. The Morgan fingerprint density at radius 3 is 2.30 bits per heavy atom. The van der Waals surface area contributed by atoms with E-state index in [1.807, 2.05) is 0 Å². The molecule has 2 nitrogen and oxygen atoms in total. The first-order chi connectivity index (χ1) is 12.5. The van der Waals surface area contributed by atoms with Crippen molar-refractivity contribution < 1.29 is 35.8 Å². The molecule has 0 N–H and O–H groups in total. The summed E-state index contributed by atoms with van der Waals surface area (Å²) in [5, 5.41) is 0.222. The Bertz CT molecular complexity index is 902. The SMILES string of the molecule is COCO[C@@H](C)C1=C(c2c(C)sc3ccccc23)C(F)(F)C(F)(F)C1(F)F. The molecule has 1 aromatic carbocycles. The number of halogens is 6. The zero-order chi connectivity index (χ0) is 20.2. The number of allylic oxidation sites excluding steroid dienone is 1. The van der Waals surface area contributed by atoms with Crippen LogP contribution in [0, 0.1) is 6.92 Å². The quantitative estimate of drug-likeness (QED) is 0.452. The summed E-state index contributed by atoms with van der Waals surface area (Å²) >= 11 is 1.08. The molecule has 0 aliphatic heterocycles. The monoisotopic (exact) mass is 410 g/mol. The third-order valence-electron chi connectivity index (χ3n) is 4.57. The van der Waals surface area contributed by atoms with Gasteiger partial charge in [0.25, 0.3) is 0 Å². The van der Waals surface area contributed by atoms with Gasteiger partial charge in [-0.25, -0.2) is 0 Å². The Morgan fingerprint density at radius 2 is 1.67 bits per heavy atom. The van der Waals surface area contributed by atoms with E-state index in [1.54, 1.807) is 12.1 Å². The highest BCUT2D eigenvalue weighted by Gasteiger charge is 2.80. The maximum Gasteiger partial charge on any atom is 0.380 e. The number of ether oxygens (including phenoxy) is 2. The molecule has 0 radical (unpaired) electrons. The van der Waals surface area contributed by atoms with Crippen LogP contribution < -0.4 is 0 Å². The molecule has 148 valence electrons. The van der Waals surface area contributed by atoms with E-state index in [0.717, 1.165) is 18.3 Å². The molecule has 0 fully saturated rings. The number of fused-ring (bicyclic) bond motifs is 1. The van der Waals surface area contributed by atoms with E-state index in [1.165, 1.54) is 26.2 Å². The topological polar surface area (TPSA) is 18.5 Å². The van der Waals surface area contributed by atoms with Crippen LogP contribution >= 0.6 is 11.3 Å². The molecule has 0 amide bonds. The minimum atomic E-state index is -5.58. The molecule has 0 saturated carbocycles. The lowest BCUT2D eigenvalue weighted by Gasteiger charge is -2.26. The minimum Gasteiger partial charge on any atom is -0.359 e. The number of methoxy groups -OCH3 is 1. The maximum absolute atomic E-state index is 14.7. The predicted octanol–water partition coefficient (Wildman–Crippen LogP) is 5.89. The van der Waals surface area contributed by atoms with Crippen LogP contribution in [0.2, 0.25) is 0 Å². The normalized spacial score (nSPS) is 21.8. The lowest BCUT2D eigenvalue weighted by atomic mass is 9.94. The van der Waals surface area contributed by atoms with E-state index in [2.05, 4.69) is 4.74 Å². The number of hydrogen-bond donors (Lipinski definition) is 0. The van der Waals surface area contributed by atoms with E-state index in [0.29, 0.717) is 4.70 Å². The van der Waals surface area contributed by atoms with Crippen molar-refractivity contribution in [3.63, 3.8) is 0 Å². The molecule has 9 heteroatoms. The van der Waals surface area contributed by atoms with E-state index in [9.17, 15) is 26.3 Å². The highest BCUT2D eigenvalue weighted by Crippen LogP contribution is 2.64. The zero-order valence-corrected chi connectivity index (χ0v) is 15.4. The molecule has 0 saturated heterocycles. The summed E-state index contributed by atoms with van der Waals surface area (Å²) in [6, 6.07) is 6.25. The summed E-state index contributed by atoms with van der Waals surface area (Å²) in [4.78, 5) is 0.246. The number of hydrogen-bond acceptors (Lipinski definition) is 3. The Kier molecular flexibility index (Phi) is 4.85. The van der Waals surface area contributed by atoms with Gasteiger partial charge in [0.2, 0.25) is 0 Å². The van der Waals surface area contributed by atoms with E-state index >= 15 is 0 Å². The van der Waals surface area contributed by atoms with Crippen molar-refractivity contribution in [2.45, 2.75) is 37.7 Å². The average molecular weight is 410 g/mol. The first-order valence-electron chi connectivity index (χ1n) is 7.96. The molecule has 0 unspecified atom stereocenters. The van der Waals surface area contributed by atoms with Crippen LogP contribution in [0.25, 0.3) is 15.7 Å². The Hall–Kier alpha value is -1.58. The first kappa shape index (κ1) is 20.2. The number of rotatable bonds is 5. The molecule has 1 heterocycles. The van der Waals surface area contributed by atoms with Gasteiger partial charge in [0.1, 0.15) is 6.79 Å². The van der Waals surface area contributed by atoms with Crippen LogP contribution in [0.15, 0.2) is 29.8 Å². The molecule has 1 aromatic heterocycles. The third-order valence-corrected chi connectivity index (χ3v) is 5.66. The van der Waals surface area contributed by atoms with Crippen molar-refractivity contribution >= 4 is 27.0 Å². The molecular weight excluding hydrogens is 394 g/mol. The molecule has 1 aliphatic carbocycles. The van der Waals surface area contributed by atoms with E-state index in [4.69, 9.17) is 4.74 Å². The number of benzene rings is 1. The van der Waals surface area contributed by atoms with E-state index in [-0.39, 0.29) is 15.8 Å². The van der Waals surface area contributed by atoms with Crippen LogP contribution in [-0.2, 0) is 9.47 Å². The van der Waals surface area contributed by atoms with E-state index < -0.39 is 41.8 Å². The molecule has 1 aliphatic rings. The van der Waals surface area contributed by atoms with Gasteiger partial charge in [-0.15, -0.1) is 11.3 Å². The molecule has 27 heavy (non-hydrogen) atoms. The van der Waals surface area contributed by atoms with Gasteiger partial charge >= 0.3 is 17.8 Å². The fraction of sp³-hybridized carbons (Fsp3) is 0.444. The van der Waals surface area contributed by atoms with Crippen molar-refractivity contribution in [2.75, 3.05) is 13.9 Å². The lowest BCUT2D eigenvalue weighted by Crippen LogP contribution is -2.50. The highest BCUT2D eigenvalue weighted by molar-refractivity contribution is 7.19. The maximum atomic E-state index is 14.7. The molecule has 2 aromatic rings. The van der Waals surface area contributed by atoms with Crippen LogP contribution in [0.5, 0.6) is 0 Å². The highest BCUT2D eigenvalue weighted by atomic mass is 32.1. The summed E-state index contributed by atoms with van der Waals surface area (Å²) in [5.74, 6) is -15.7. The lowest BCUT2D eigenvalue weighted by molar-refractivity contribution is -0.263. The number of alkyl halides is 6.